The number of para-hydroxylation sites is 1. The SMILES string of the molecule is Cl.Cl.NC1CCCC(C(=O)Nc2ccccc2Cn2cncn2)C1. The summed E-state index contributed by atoms with van der Waals surface area (Å²) in [6.07, 6.45) is 6.91. The summed E-state index contributed by atoms with van der Waals surface area (Å²) in [6.45, 7) is 0.584. The molecule has 0 spiro atoms. The van der Waals surface area contributed by atoms with Gasteiger partial charge in [0.15, 0.2) is 0 Å². The van der Waals surface area contributed by atoms with Gasteiger partial charge in [0.1, 0.15) is 12.7 Å². The highest BCUT2D eigenvalue weighted by Crippen LogP contribution is 2.25. The van der Waals surface area contributed by atoms with E-state index in [9.17, 15) is 4.79 Å². The van der Waals surface area contributed by atoms with Crippen LogP contribution < -0.4 is 11.1 Å². The summed E-state index contributed by atoms with van der Waals surface area (Å²) in [5.41, 5.74) is 7.83. The van der Waals surface area contributed by atoms with Crippen molar-refractivity contribution in [2.75, 3.05) is 5.32 Å². The van der Waals surface area contributed by atoms with E-state index in [1.54, 1.807) is 11.0 Å². The first kappa shape index (κ1) is 20.4. The van der Waals surface area contributed by atoms with Crippen LogP contribution in [-0.4, -0.2) is 26.7 Å². The van der Waals surface area contributed by atoms with Gasteiger partial charge in [-0.3, -0.25) is 4.79 Å². The quantitative estimate of drug-likeness (QED) is 0.864. The number of aromatic nitrogens is 3. The Hall–Kier alpha value is -1.63. The molecule has 1 aromatic carbocycles. The number of hydrogen-bond donors (Lipinski definition) is 2. The predicted octanol–water partition coefficient (Wildman–Crippen LogP) is 2.63. The van der Waals surface area contributed by atoms with Gasteiger partial charge in [0.2, 0.25) is 5.91 Å². The fourth-order valence-corrected chi connectivity index (χ4v) is 2.97. The predicted molar refractivity (Wildman–Crippen MR) is 98.6 cm³/mol. The lowest BCUT2D eigenvalue weighted by molar-refractivity contribution is -0.120. The molecule has 1 amide bonds. The second kappa shape index (κ2) is 9.61. The van der Waals surface area contributed by atoms with Crippen LogP contribution in [0.4, 0.5) is 5.69 Å². The maximum absolute atomic E-state index is 12.5. The summed E-state index contributed by atoms with van der Waals surface area (Å²) >= 11 is 0. The van der Waals surface area contributed by atoms with E-state index in [2.05, 4.69) is 15.4 Å². The van der Waals surface area contributed by atoms with Crippen LogP contribution in [0.15, 0.2) is 36.9 Å². The fourth-order valence-electron chi connectivity index (χ4n) is 2.97. The van der Waals surface area contributed by atoms with E-state index in [0.717, 1.165) is 36.9 Å². The molecule has 2 unspecified atom stereocenters. The second-order valence-corrected chi connectivity index (χ2v) is 5.86. The number of nitrogens with one attached hydrogen (secondary N) is 1. The molecule has 6 nitrogen and oxygen atoms in total. The Labute approximate surface area is 154 Å². The zero-order valence-corrected chi connectivity index (χ0v) is 14.9. The van der Waals surface area contributed by atoms with Crippen molar-refractivity contribution in [1.29, 1.82) is 0 Å². The molecule has 0 bridgehead atoms. The van der Waals surface area contributed by atoms with Gasteiger partial charge in [-0.05, 0) is 30.9 Å². The number of hydrogen-bond acceptors (Lipinski definition) is 4. The number of amides is 1. The molecular weight excluding hydrogens is 349 g/mol. The van der Waals surface area contributed by atoms with Gasteiger partial charge in [-0.15, -0.1) is 24.8 Å². The van der Waals surface area contributed by atoms with Crippen LogP contribution in [0.1, 0.15) is 31.2 Å². The van der Waals surface area contributed by atoms with Gasteiger partial charge < -0.3 is 11.1 Å². The summed E-state index contributed by atoms with van der Waals surface area (Å²) in [7, 11) is 0. The summed E-state index contributed by atoms with van der Waals surface area (Å²) in [4.78, 5) is 16.4. The minimum atomic E-state index is 0. The van der Waals surface area contributed by atoms with Crippen molar-refractivity contribution in [3.05, 3.63) is 42.5 Å². The Kier molecular flexibility index (Phi) is 8.18. The Morgan fingerprint density at radius 2 is 2.08 bits per heavy atom. The van der Waals surface area contributed by atoms with Crippen LogP contribution in [0.3, 0.4) is 0 Å². The minimum Gasteiger partial charge on any atom is -0.328 e. The highest BCUT2D eigenvalue weighted by Gasteiger charge is 2.25. The molecule has 2 atom stereocenters. The third-order valence-electron chi connectivity index (χ3n) is 4.16. The van der Waals surface area contributed by atoms with Gasteiger partial charge in [0, 0.05) is 17.6 Å². The number of halogens is 2. The Balaban J connectivity index is 0.00000144. The van der Waals surface area contributed by atoms with Gasteiger partial charge in [0.25, 0.3) is 0 Å². The third kappa shape index (κ3) is 5.19. The molecule has 3 rings (SSSR count). The Morgan fingerprint density at radius 3 is 2.79 bits per heavy atom. The van der Waals surface area contributed by atoms with Crippen molar-refractivity contribution >= 4 is 36.4 Å². The number of nitrogens with two attached hydrogens (primary N) is 1. The maximum Gasteiger partial charge on any atom is 0.227 e. The first-order valence-electron chi connectivity index (χ1n) is 7.69. The average molecular weight is 372 g/mol. The maximum atomic E-state index is 12.5. The molecule has 0 aliphatic heterocycles. The number of anilines is 1. The normalized spacial score (nSPS) is 19.7. The first-order chi connectivity index (χ1) is 10.7. The van der Waals surface area contributed by atoms with Gasteiger partial charge in [-0.1, -0.05) is 24.6 Å². The zero-order chi connectivity index (χ0) is 15.4. The Morgan fingerprint density at radius 1 is 1.29 bits per heavy atom. The van der Waals surface area contributed by atoms with Gasteiger partial charge >= 0.3 is 0 Å². The van der Waals surface area contributed by atoms with E-state index in [1.807, 2.05) is 24.3 Å². The summed E-state index contributed by atoms with van der Waals surface area (Å²) in [5.74, 6) is 0.0874. The molecule has 24 heavy (non-hydrogen) atoms. The first-order valence-corrected chi connectivity index (χ1v) is 7.69. The monoisotopic (exact) mass is 371 g/mol. The van der Waals surface area contributed by atoms with Crippen molar-refractivity contribution in [3.63, 3.8) is 0 Å². The molecule has 1 aliphatic rings. The van der Waals surface area contributed by atoms with Crippen molar-refractivity contribution < 1.29 is 4.79 Å². The van der Waals surface area contributed by atoms with Gasteiger partial charge in [-0.2, -0.15) is 5.10 Å². The highest BCUT2D eigenvalue weighted by atomic mass is 35.5. The van der Waals surface area contributed by atoms with Crippen LogP contribution in [0.2, 0.25) is 0 Å². The molecule has 1 heterocycles. The van der Waals surface area contributed by atoms with E-state index in [0.29, 0.717) is 6.54 Å². The molecule has 3 N–H and O–H groups in total. The van der Waals surface area contributed by atoms with E-state index >= 15 is 0 Å². The molecule has 2 aromatic rings. The van der Waals surface area contributed by atoms with Crippen LogP contribution >= 0.6 is 24.8 Å². The topological polar surface area (TPSA) is 85.8 Å². The lowest BCUT2D eigenvalue weighted by Crippen LogP contribution is -2.34. The standard InChI is InChI=1S/C16H21N5O.2ClH/c17-14-6-3-5-12(8-14)16(22)20-15-7-2-1-4-13(15)9-21-11-18-10-19-21;;/h1-2,4,7,10-12,14H,3,5-6,8-9,17H2,(H,20,22);2*1H. The number of benzene rings is 1. The number of nitrogens with zero attached hydrogens (tertiary/aromatic N) is 3. The summed E-state index contributed by atoms with van der Waals surface area (Å²) in [6, 6.07) is 7.94. The van der Waals surface area contributed by atoms with Crippen molar-refractivity contribution in [3.8, 4) is 0 Å². The molecule has 8 heteroatoms. The van der Waals surface area contributed by atoms with Crippen LogP contribution in [-0.2, 0) is 11.3 Å². The second-order valence-electron chi connectivity index (χ2n) is 5.86. The van der Waals surface area contributed by atoms with Crippen LogP contribution in [0, 0.1) is 5.92 Å². The average Bonchev–Trinajstić information content (AvgIpc) is 3.02. The molecule has 1 aliphatic carbocycles. The van der Waals surface area contributed by atoms with E-state index in [1.165, 1.54) is 6.33 Å². The van der Waals surface area contributed by atoms with Crippen molar-refractivity contribution in [2.24, 2.45) is 11.7 Å². The largest absolute Gasteiger partial charge is 0.328 e. The number of rotatable bonds is 4. The van der Waals surface area contributed by atoms with Crippen LogP contribution in [0.5, 0.6) is 0 Å². The fraction of sp³-hybridized carbons (Fsp3) is 0.438. The van der Waals surface area contributed by atoms with Gasteiger partial charge in [0.05, 0.1) is 6.54 Å². The molecule has 132 valence electrons. The summed E-state index contributed by atoms with van der Waals surface area (Å²) in [5, 5.41) is 7.17. The lowest BCUT2D eigenvalue weighted by atomic mass is 9.85. The highest BCUT2D eigenvalue weighted by molar-refractivity contribution is 5.93. The lowest BCUT2D eigenvalue weighted by Gasteiger charge is -2.26. The van der Waals surface area contributed by atoms with Gasteiger partial charge in [-0.25, -0.2) is 9.67 Å². The Bertz CT molecular complexity index is 635. The number of carbonyl (C=O) groups is 1. The third-order valence-corrected chi connectivity index (χ3v) is 4.16. The van der Waals surface area contributed by atoms with Crippen molar-refractivity contribution in [1.82, 2.24) is 14.8 Å². The molecule has 0 saturated heterocycles. The number of carbonyl (C=O) groups excluding carboxylic acids is 1. The smallest absolute Gasteiger partial charge is 0.227 e. The van der Waals surface area contributed by atoms with E-state index in [4.69, 9.17) is 5.73 Å². The zero-order valence-electron chi connectivity index (χ0n) is 13.3. The minimum absolute atomic E-state index is 0. The molecular formula is C16H23Cl2N5O. The van der Waals surface area contributed by atoms with Crippen molar-refractivity contribution in [2.45, 2.75) is 38.3 Å². The molecule has 1 saturated carbocycles. The molecule has 1 aromatic heterocycles. The molecule has 0 radical (unpaired) electrons. The van der Waals surface area contributed by atoms with E-state index < -0.39 is 0 Å². The molecule has 1 fully saturated rings. The van der Waals surface area contributed by atoms with Crippen LogP contribution in [0.25, 0.3) is 0 Å². The summed E-state index contributed by atoms with van der Waals surface area (Å²) < 4.78 is 1.74. The van der Waals surface area contributed by atoms with E-state index in [-0.39, 0.29) is 42.7 Å².